The largest absolute Gasteiger partial charge is 0.497 e. The van der Waals surface area contributed by atoms with Crippen LogP contribution in [0.25, 0.3) is 0 Å². The van der Waals surface area contributed by atoms with Crippen LogP contribution in [-0.2, 0) is 19.6 Å². The Morgan fingerprint density at radius 1 is 0.936 bits per heavy atom. The lowest BCUT2D eigenvalue weighted by Crippen LogP contribution is -2.40. The molecule has 4 aromatic carbocycles. The summed E-state index contributed by atoms with van der Waals surface area (Å²) in [6.07, 6.45) is 1.31. The molecule has 0 aliphatic carbocycles. The van der Waals surface area contributed by atoms with E-state index in [4.69, 9.17) is 25.8 Å². The summed E-state index contributed by atoms with van der Waals surface area (Å²) < 4.78 is 44.4. The number of para-hydroxylation sites is 2. The Kier molecular flexibility index (Phi) is 11.3. The van der Waals surface area contributed by atoms with Gasteiger partial charge in [-0.2, -0.15) is 5.10 Å². The van der Waals surface area contributed by atoms with Crippen molar-refractivity contribution < 1.29 is 37.1 Å². The van der Waals surface area contributed by atoms with Gasteiger partial charge in [0.2, 0.25) is 0 Å². The molecular formula is C31H28ClN5O9S. The monoisotopic (exact) mass is 681 g/mol. The van der Waals surface area contributed by atoms with Gasteiger partial charge in [0.05, 0.1) is 41.8 Å². The third kappa shape index (κ3) is 8.74. The Bertz CT molecular complexity index is 1900. The lowest BCUT2D eigenvalue weighted by Gasteiger charge is -2.25. The van der Waals surface area contributed by atoms with E-state index in [0.717, 1.165) is 12.1 Å². The second-order valence-corrected chi connectivity index (χ2v) is 11.7. The minimum absolute atomic E-state index is 0.0338. The second kappa shape index (κ2) is 15.6. The van der Waals surface area contributed by atoms with Gasteiger partial charge in [-0.3, -0.25) is 24.0 Å². The number of rotatable bonds is 14. The maximum absolute atomic E-state index is 13.8. The molecule has 244 valence electrons. The van der Waals surface area contributed by atoms with E-state index in [1.165, 1.54) is 50.8 Å². The van der Waals surface area contributed by atoms with Crippen LogP contribution in [0.1, 0.15) is 5.56 Å². The van der Waals surface area contributed by atoms with Crippen molar-refractivity contribution in [2.45, 2.75) is 4.90 Å². The summed E-state index contributed by atoms with van der Waals surface area (Å²) in [5.74, 6) is -0.488. The number of hydrazone groups is 1. The quantitative estimate of drug-likeness (QED) is 0.109. The number of hydrogen-bond acceptors (Lipinski definition) is 10. The maximum atomic E-state index is 13.8. The fraction of sp³-hybridized carbons (Fsp3) is 0.129. The average Bonchev–Trinajstić information content (AvgIpc) is 3.07. The van der Waals surface area contributed by atoms with Crippen molar-refractivity contribution in [3.8, 4) is 17.2 Å². The van der Waals surface area contributed by atoms with Crippen LogP contribution in [0, 0.1) is 10.1 Å². The number of sulfonamides is 1. The standard InChI is InChI=1S/C31H28ClN5O9S/c1-44-23-15-16-26(28(17-23)45-2)36(47(42,43)29-10-6-5-9-27(29)37(40)41)19-30(38)35-33-18-21-11-13-22(14-12-21)46-20-31(39)34-25-8-4-3-7-24(25)32/h3-18H,19-20H2,1-2H3,(H,34,39)(H,35,38)/b33-18+. The molecule has 0 fully saturated rings. The van der Waals surface area contributed by atoms with Gasteiger partial charge in [0.15, 0.2) is 11.5 Å². The van der Waals surface area contributed by atoms with Crippen molar-refractivity contribution in [1.82, 2.24) is 5.43 Å². The van der Waals surface area contributed by atoms with E-state index in [1.54, 1.807) is 48.5 Å². The number of benzene rings is 4. The molecule has 0 aliphatic rings. The summed E-state index contributed by atoms with van der Waals surface area (Å²) in [5, 5.41) is 18.6. The van der Waals surface area contributed by atoms with E-state index in [2.05, 4.69) is 15.8 Å². The van der Waals surface area contributed by atoms with Gasteiger partial charge in [-0.25, -0.2) is 13.8 Å². The number of halogens is 1. The molecular weight excluding hydrogens is 654 g/mol. The van der Waals surface area contributed by atoms with Gasteiger partial charge in [-0.15, -0.1) is 0 Å². The molecule has 0 radical (unpaired) electrons. The molecule has 0 saturated carbocycles. The SMILES string of the molecule is COc1ccc(N(CC(=O)N/N=C/c2ccc(OCC(=O)Nc3ccccc3Cl)cc2)S(=O)(=O)c2ccccc2[N+](=O)[O-])c(OC)c1. The smallest absolute Gasteiger partial charge is 0.289 e. The Balaban J connectivity index is 1.46. The highest BCUT2D eigenvalue weighted by molar-refractivity contribution is 7.93. The zero-order chi connectivity index (χ0) is 34.0. The lowest BCUT2D eigenvalue weighted by molar-refractivity contribution is -0.387. The van der Waals surface area contributed by atoms with E-state index in [0.29, 0.717) is 32.1 Å². The van der Waals surface area contributed by atoms with Gasteiger partial charge < -0.3 is 19.5 Å². The molecule has 47 heavy (non-hydrogen) atoms. The molecule has 0 unspecified atom stereocenters. The number of carbonyl (C=O) groups is 2. The van der Waals surface area contributed by atoms with E-state index in [-0.39, 0.29) is 18.0 Å². The first-order valence-corrected chi connectivity index (χ1v) is 15.4. The summed E-state index contributed by atoms with van der Waals surface area (Å²) in [6, 6.07) is 22.2. The van der Waals surface area contributed by atoms with Crippen LogP contribution in [0.15, 0.2) is 101 Å². The third-order valence-corrected chi connectivity index (χ3v) is 8.51. The second-order valence-electron chi connectivity index (χ2n) is 9.45. The first-order valence-electron chi connectivity index (χ1n) is 13.6. The van der Waals surface area contributed by atoms with Crippen molar-refractivity contribution in [2.75, 3.05) is 37.0 Å². The highest BCUT2D eigenvalue weighted by Gasteiger charge is 2.34. The number of anilines is 2. The highest BCUT2D eigenvalue weighted by atomic mass is 35.5. The molecule has 0 heterocycles. The van der Waals surface area contributed by atoms with Crippen LogP contribution >= 0.6 is 11.6 Å². The minimum Gasteiger partial charge on any atom is -0.497 e. The lowest BCUT2D eigenvalue weighted by atomic mass is 10.2. The topological polar surface area (TPSA) is 179 Å². The van der Waals surface area contributed by atoms with Gasteiger partial charge in [0.1, 0.15) is 23.8 Å². The van der Waals surface area contributed by atoms with E-state index >= 15 is 0 Å². The number of amides is 2. The summed E-state index contributed by atoms with van der Waals surface area (Å²) in [7, 11) is -1.98. The summed E-state index contributed by atoms with van der Waals surface area (Å²) in [6.45, 7) is -1.07. The first kappa shape index (κ1) is 34.2. The number of carbonyl (C=O) groups excluding carboxylic acids is 2. The summed E-state index contributed by atoms with van der Waals surface area (Å²) >= 11 is 6.05. The molecule has 4 rings (SSSR count). The van der Waals surface area contributed by atoms with E-state index < -0.39 is 43.9 Å². The van der Waals surface area contributed by atoms with Crippen LogP contribution in [0.4, 0.5) is 17.1 Å². The van der Waals surface area contributed by atoms with Gasteiger partial charge >= 0.3 is 0 Å². The van der Waals surface area contributed by atoms with Gasteiger partial charge in [0.25, 0.3) is 27.5 Å². The fourth-order valence-corrected chi connectivity index (χ4v) is 5.90. The van der Waals surface area contributed by atoms with Crippen molar-refractivity contribution in [3.05, 3.63) is 112 Å². The number of nitro benzene ring substituents is 1. The Morgan fingerprint density at radius 2 is 1.62 bits per heavy atom. The number of ether oxygens (including phenoxy) is 3. The van der Waals surface area contributed by atoms with E-state index in [1.807, 2.05) is 0 Å². The van der Waals surface area contributed by atoms with Crippen molar-refractivity contribution >= 4 is 56.7 Å². The summed E-state index contributed by atoms with van der Waals surface area (Å²) in [4.78, 5) is 35.4. The normalized spacial score (nSPS) is 11.0. The number of methoxy groups -OCH3 is 2. The molecule has 14 nitrogen and oxygen atoms in total. The van der Waals surface area contributed by atoms with Gasteiger partial charge in [-0.05, 0) is 60.2 Å². The molecule has 0 spiro atoms. The predicted octanol–water partition coefficient (Wildman–Crippen LogP) is 4.63. The number of nitro groups is 1. The molecule has 16 heteroatoms. The highest BCUT2D eigenvalue weighted by Crippen LogP contribution is 2.37. The zero-order valence-corrected chi connectivity index (χ0v) is 26.5. The Hall–Kier alpha value is -5.67. The van der Waals surface area contributed by atoms with Crippen LogP contribution in [0.5, 0.6) is 17.2 Å². The molecule has 2 N–H and O–H groups in total. The number of hydrogen-bond donors (Lipinski definition) is 2. The maximum Gasteiger partial charge on any atom is 0.289 e. The van der Waals surface area contributed by atoms with Crippen LogP contribution < -0.4 is 29.3 Å². The third-order valence-electron chi connectivity index (χ3n) is 6.37. The zero-order valence-electron chi connectivity index (χ0n) is 25.0. The van der Waals surface area contributed by atoms with Crippen LogP contribution in [0.3, 0.4) is 0 Å². The van der Waals surface area contributed by atoms with Gasteiger partial charge in [-0.1, -0.05) is 35.9 Å². The average molecular weight is 682 g/mol. The number of nitrogens with one attached hydrogen (secondary N) is 2. The Labute approximate surface area is 274 Å². The van der Waals surface area contributed by atoms with Crippen molar-refractivity contribution in [3.63, 3.8) is 0 Å². The van der Waals surface area contributed by atoms with Crippen LogP contribution in [-0.4, -0.2) is 58.7 Å². The Morgan fingerprint density at radius 3 is 2.30 bits per heavy atom. The first-order chi connectivity index (χ1) is 22.5. The molecule has 0 saturated heterocycles. The van der Waals surface area contributed by atoms with Crippen LogP contribution in [0.2, 0.25) is 5.02 Å². The molecule has 4 aromatic rings. The van der Waals surface area contributed by atoms with E-state index in [9.17, 15) is 28.1 Å². The fourth-order valence-electron chi connectivity index (χ4n) is 4.13. The molecule has 0 aromatic heterocycles. The molecule has 0 aliphatic heterocycles. The summed E-state index contributed by atoms with van der Waals surface area (Å²) in [5.41, 5.74) is 2.53. The molecule has 0 atom stereocenters. The number of nitrogens with zero attached hydrogens (tertiary/aromatic N) is 3. The molecule has 0 bridgehead atoms. The molecule has 2 amide bonds. The van der Waals surface area contributed by atoms with Crippen molar-refractivity contribution in [1.29, 1.82) is 0 Å². The minimum atomic E-state index is -4.68. The predicted molar refractivity (Wildman–Crippen MR) is 175 cm³/mol. The van der Waals surface area contributed by atoms with Gasteiger partial charge in [0, 0.05) is 12.1 Å². The van der Waals surface area contributed by atoms with Crippen molar-refractivity contribution in [2.24, 2.45) is 5.10 Å².